The molecule has 0 radical (unpaired) electrons. The third-order valence-corrected chi connectivity index (χ3v) is 4.61. The number of amides is 1. The van der Waals surface area contributed by atoms with Gasteiger partial charge in [-0.25, -0.2) is 4.68 Å². The van der Waals surface area contributed by atoms with Crippen molar-refractivity contribution in [2.24, 2.45) is 5.92 Å². The van der Waals surface area contributed by atoms with Gasteiger partial charge in [0.25, 0.3) is 5.91 Å². The molecule has 1 saturated carbocycles. The molecule has 1 aliphatic heterocycles. The topological polar surface area (TPSA) is 64.2 Å². The lowest BCUT2D eigenvalue weighted by molar-refractivity contribution is 0.0697. The molecule has 2 atom stereocenters. The van der Waals surface area contributed by atoms with Crippen LogP contribution >= 0.6 is 0 Å². The smallest absolute Gasteiger partial charge is 0.274 e. The number of benzene rings is 1. The number of nitrogens with zero attached hydrogens (tertiary/aromatic N) is 3. The monoisotopic (exact) mass is 282 g/mol. The molecule has 1 amide bonds. The number of piperidine rings is 1. The van der Waals surface area contributed by atoms with Gasteiger partial charge in [-0.05, 0) is 49.4 Å². The first-order chi connectivity index (χ1) is 10.2. The third kappa shape index (κ3) is 2.09. The van der Waals surface area contributed by atoms with E-state index >= 15 is 0 Å². The van der Waals surface area contributed by atoms with Crippen LogP contribution in [0.3, 0.4) is 0 Å². The van der Waals surface area contributed by atoms with Gasteiger partial charge in [-0.15, -0.1) is 0 Å². The maximum absolute atomic E-state index is 12.6. The number of nitrogens with two attached hydrogens (primary N) is 1. The predicted molar refractivity (Wildman–Crippen MR) is 80.1 cm³/mol. The maximum Gasteiger partial charge on any atom is 0.274 e. The molecule has 1 aromatic heterocycles. The number of carbonyl (C=O) groups excluding carboxylic acids is 1. The van der Waals surface area contributed by atoms with Gasteiger partial charge in [-0.2, -0.15) is 5.10 Å². The maximum atomic E-state index is 12.6. The van der Waals surface area contributed by atoms with Crippen LogP contribution in [0.15, 0.2) is 36.5 Å². The van der Waals surface area contributed by atoms with Gasteiger partial charge in [-0.3, -0.25) is 4.79 Å². The number of anilines is 1. The second-order valence-electron chi connectivity index (χ2n) is 6.03. The van der Waals surface area contributed by atoms with Gasteiger partial charge in [-0.1, -0.05) is 6.07 Å². The van der Waals surface area contributed by atoms with Gasteiger partial charge in [0.1, 0.15) is 0 Å². The summed E-state index contributed by atoms with van der Waals surface area (Å²) in [6, 6.07) is 9.71. The molecule has 5 heteroatoms. The molecular formula is C16H18N4O. The molecule has 1 aliphatic carbocycles. The molecule has 2 N–H and O–H groups in total. The highest BCUT2D eigenvalue weighted by atomic mass is 16.2. The van der Waals surface area contributed by atoms with Crippen molar-refractivity contribution in [1.82, 2.24) is 14.7 Å². The fourth-order valence-corrected chi connectivity index (χ4v) is 3.57. The Morgan fingerprint density at radius 3 is 2.90 bits per heavy atom. The SMILES string of the molecule is Nc1cccc(-n2ccc(C(=O)N3CC4CCC3C4)n2)c1. The average Bonchev–Trinajstić information content (AvgIpc) is 3.22. The summed E-state index contributed by atoms with van der Waals surface area (Å²) >= 11 is 0. The van der Waals surface area contributed by atoms with E-state index in [0.29, 0.717) is 23.3 Å². The zero-order valence-electron chi connectivity index (χ0n) is 11.8. The Morgan fingerprint density at radius 2 is 2.19 bits per heavy atom. The number of likely N-dealkylation sites (tertiary alicyclic amines) is 1. The molecule has 5 nitrogen and oxygen atoms in total. The van der Waals surface area contributed by atoms with Gasteiger partial charge in [0.15, 0.2) is 5.69 Å². The van der Waals surface area contributed by atoms with E-state index in [1.807, 2.05) is 35.4 Å². The number of rotatable bonds is 2. The fourth-order valence-electron chi connectivity index (χ4n) is 3.57. The number of hydrogen-bond donors (Lipinski definition) is 1. The van der Waals surface area contributed by atoms with E-state index in [9.17, 15) is 4.79 Å². The highest BCUT2D eigenvalue weighted by Crippen LogP contribution is 2.37. The summed E-state index contributed by atoms with van der Waals surface area (Å²) in [5.74, 6) is 0.764. The first kappa shape index (κ1) is 12.4. The molecule has 2 unspecified atom stereocenters. The zero-order valence-corrected chi connectivity index (χ0v) is 11.8. The fraction of sp³-hybridized carbons (Fsp3) is 0.375. The van der Waals surface area contributed by atoms with Crippen LogP contribution in [-0.2, 0) is 0 Å². The zero-order chi connectivity index (χ0) is 14.4. The first-order valence-electron chi connectivity index (χ1n) is 7.43. The molecule has 21 heavy (non-hydrogen) atoms. The molecule has 0 spiro atoms. The summed E-state index contributed by atoms with van der Waals surface area (Å²) in [5.41, 5.74) is 7.87. The summed E-state index contributed by atoms with van der Waals surface area (Å²) in [7, 11) is 0. The number of nitrogen functional groups attached to an aromatic ring is 1. The molecule has 2 bridgehead atoms. The second kappa shape index (κ2) is 4.62. The third-order valence-electron chi connectivity index (χ3n) is 4.61. The van der Waals surface area contributed by atoms with Crippen LogP contribution in [0.2, 0.25) is 0 Å². The van der Waals surface area contributed by atoms with Crippen molar-refractivity contribution in [2.75, 3.05) is 12.3 Å². The van der Waals surface area contributed by atoms with Crippen LogP contribution in [-0.4, -0.2) is 33.2 Å². The Balaban J connectivity index is 1.58. The molecule has 2 heterocycles. The van der Waals surface area contributed by atoms with E-state index in [4.69, 9.17) is 5.73 Å². The second-order valence-corrected chi connectivity index (χ2v) is 6.03. The molecule has 4 rings (SSSR count). The van der Waals surface area contributed by atoms with Crippen LogP contribution < -0.4 is 5.73 Å². The largest absolute Gasteiger partial charge is 0.399 e. The van der Waals surface area contributed by atoms with Crippen molar-refractivity contribution in [3.8, 4) is 5.69 Å². The van der Waals surface area contributed by atoms with Crippen LogP contribution in [0.1, 0.15) is 29.8 Å². The van der Waals surface area contributed by atoms with Crippen LogP contribution in [0.25, 0.3) is 5.69 Å². The van der Waals surface area contributed by atoms with E-state index < -0.39 is 0 Å². The lowest BCUT2D eigenvalue weighted by Crippen LogP contribution is -2.37. The Kier molecular flexibility index (Phi) is 2.74. The van der Waals surface area contributed by atoms with E-state index in [1.165, 1.54) is 12.8 Å². The van der Waals surface area contributed by atoms with Crippen LogP contribution in [0, 0.1) is 5.92 Å². The van der Waals surface area contributed by atoms with Crippen molar-refractivity contribution in [2.45, 2.75) is 25.3 Å². The number of hydrogen-bond acceptors (Lipinski definition) is 3. The van der Waals surface area contributed by atoms with Crippen LogP contribution in [0.5, 0.6) is 0 Å². The number of aromatic nitrogens is 2. The summed E-state index contributed by atoms with van der Waals surface area (Å²) in [6.45, 7) is 0.897. The normalized spacial score (nSPS) is 23.7. The molecule has 1 aromatic carbocycles. The minimum Gasteiger partial charge on any atom is -0.399 e. The molecule has 2 aromatic rings. The predicted octanol–water partition coefficient (Wildman–Crippen LogP) is 2.08. The van der Waals surface area contributed by atoms with Gasteiger partial charge >= 0.3 is 0 Å². The van der Waals surface area contributed by atoms with Crippen molar-refractivity contribution >= 4 is 11.6 Å². The quantitative estimate of drug-likeness (QED) is 0.858. The first-order valence-corrected chi connectivity index (χ1v) is 7.43. The van der Waals surface area contributed by atoms with E-state index in [1.54, 1.807) is 10.7 Å². The molecule has 108 valence electrons. The Hall–Kier alpha value is -2.30. The van der Waals surface area contributed by atoms with Crippen molar-refractivity contribution in [1.29, 1.82) is 0 Å². The van der Waals surface area contributed by atoms with E-state index in [-0.39, 0.29) is 5.91 Å². The minimum atomic E-state index is 0.0600. The lowest BCUT2D eigenvalue weighted by atomic mass is 10.1. The van der Waals surface area contributed by atoms with Gasteiger partial charge in [0.2, 0.25) is 0 Å². The minimum absolute atomic E-state index is 0.0600. The Morgan fingerprint density at radius 1 is 1.29 bits per heavy atom. The van der Waals surface area contributed by atoms with E-state index in [0.717, 1.165) is 18.7 Å². The van der Waals surface area contributed by atoms with E-state index in [2.05, 4.69) is 5.10 Å². The van der Waals surface area contributed by atoms with Crippen LogP contribution in [0.4, 0.5) is 5.69 Å². The Bertz CT molecular complexity index is 693. The summed E-state index contributed by atoms with van der Waals surface area (Å²) < 4.78 is 1.71. The Labute approximate surface area is 123 Å². The van der Waals surface area contributed by atoms with Crippen molar-refractivity contribution in [3.05, 3.63) is 42.2 Å². The standard InChI is InChI=1S/C16H18N4O/c17-12-2-1-3-14(9-12)20-7-6-15(18-20)16(21)19-10-11-4-5-13(19)8-11/h1-3,6-7,9,11,13H,4-5,8,10,17H2. The van der Waals surface area contributed by atoms with Crippen molar-refractivity contribution in [3.63, 3.8) is 0 Å². The molecule has 2 aliphatic rings. The highest BCUT2D eigenvalue weighted by Gasteiger charge is 2.40. The number of carbonyl (C=O) groups is 1. The summed E-state index contributed by atoms with van der Waals surface area (Å²) in [4.78, 5) is 14.6. The molecule has 1 saturated heterocycles. The van der Waals surface area contributed by atoms with Crippen molar-refractivity contribution < 1.29 is 4.79 Å². The highest BCUT2D eigenvalue weighted by molar-refractivity contribution is 5.92. The van der Waals surface area contributed by atoms with Gasteiger partial charge in [0.05, 0.1) is 5.69 Å². The van der Waals surface area contributed by atoms with Gasteiger partial charge < -0.3 is 10.6 Å². The average molecular weight is 282 g/mol. The molecular weight excluding hydrogens is 264 g/mol. The summed E-state index contributed by atoms with van der Waals surface area (Å²) in [6.07, 6.45) is 5.40. The van der Waals surface area contributed by atoms with Gasteiger partial charge in [0, 0.05) is 24.5 Å². The number of fused-ring (bicyclic) bond motifs is 2. The molecule has 2 fully saturated rings. The lowest BCUT2D eigenvalue weighted by Gasteiger charge is -2.26. The summed E-state index contributed by atoms with van der Waals surface area (Å²) in [5, 5.41) is 4.42.